The molecule has 2 N–H and O–H groups in total. The molecule has 0 amide bonds. The van der Waals surface area contributed by atoms with Gasteiger partial charge in [0.15, 0.2) is 0 Å². The Labute approximate surface area is 135 Å². The Morgan fingerprint density at radius 3 is 2.61 bits per heavy atom. The van der Waals surface area contributed by atoms with Gasteiger partial charge in [-0.1, -0.05) is 30.3 Å². The molecule has 0 radical (unpaired) electrons. The third-order valence-electron chi connectivity index (χ3n) is 3.50. The van der Waals surface area contributed by atoms with Crippen LogP contribution in [0.1, 0.15) is 5.56 Å². The smallest absolute Gasteiger partial charge is 0.137 e. The molecule has 23 heavy (non-hydrogen) atoms. The molecule has 3 rings (SSSR count). The van der Waals surface area contributed by atoms with Crippen LogP contribution in [0.3, 0.4) is 0 Å². The molecule has 1 heterocycles. The maximum atomic E-state index is 5.98. The van der Waals surface area contributed by atoms with E-state index >= 15 is 0 Å². The van der Waals surface area contributed by atoms with Crippen molar-refractivity contribution in [2.75, 3.05) is 12.8 Å². The van der Waals surface area contributed by atoms with Crippen LogP contribution in [0, 0.1) is 0 Å². The van der Waals surface area contributed by atoms with Crippen molar-refractivity contribution in [1.82, 2.24) is 4.98 Å². The average Bonchev–Trinajstić information content (AvgIpc) is 2.61. The maximum Gasteiger partial charge on any atom is 0.137 e. The first-order chi connectivity index (χ1) is 11.3. The van der Waals surface area contributed by atoms with E-state index in [0.717, 1.165) is 22.4 Å². The number of pyridine rings is 1. The number of hydrogen-bond donors (Lipinski definition) is 1. The molecule has 0 spiro atoms. The summed E-state index contributed by atoms with van der Waals surface area (Å²) in [5.41, 5.74) is 9.53. The molecule has 0 unspecified atom stereocenters. The Hall–Kier alpha value is -3.01. The number of nitrogens with two attached hydrogens (primary N) is 1. The predicted molar refractivity (Wildman–Crippen MR) is 91.4 cm³/mol. The fraction of sp³-hybridized carbons (Fsp3) is 0.105. The molecule has 4 heteroatoms. The maximum absolute atomic E-state index is 5.98. The van der Waals surface area contributed by atoms with Gasteiger partial charge in [0, 0.05) is 29.1 Å². The van der Waals surface area contributed by atoms with Crippen molar-refractivity contribution in [3.8, 4) is 22.6 Å². The number of benzene rings is 2. The second-order valence-electron chi connectivity index (χ2n) is 5.14. The summed E-state index contributed by atoms with van der Waals surface area (Å²) < 4.78 is 11.2. The third-order valence-corrected chi connectivity index (χ3v) is 3.50. The summed E-state index contributed by atoms with van der Waals surface area (Å²) in [5, 5.41) is 0. The van der Waals surface area contributed by atoms with Crippen LogP contribution in [-0.2, 0) is 6.61 Å². The summed E-state index contributed by atoms with van der Waals surface area (Å²) in [6.07, 6.45) is 3.45. The van der Waals surface area contributed by atoms with Crippen molar-refractivity contribution in [3.63, 3.8) is 0 Å². The first-order valence-electron chi connectivity index (χ1n) is 7.32. The fourth-order valence-electron chi connectivity index (χ4n) is 2.31. The van der Waals surface area contributed by atoms with Gasteiger partial charge in [0.05, 0.1) is 13.3 Å². The zero-order valence-electron chi connectivity index (χ0n) is 12.9. The summed E-state index contributed by atoms with van der Waals surface area (Å²) in [6.45, 7) is 0.481. The van der Waals surface area contributed by atoms with Crippen LogP contribution in [0.25, 0.3) is 11.1 Å². The van der Waals surface area contributed by atoms with E-state index in [4.69, 9.17) is 15.2 Å². The lowest BCUT2D eigenvalue weighted by atomic mass is 10.1. The number of methoxy groups -OCH3 is 1. The fourth-order valence-corrected chi connectivity index (χ4v) is 2.31. The highest BCUT2D eigenvalue weighted by atomic mass is 16.5. The largest absolute Gasteiger partial charge is 0.495 e. The lowest BCUT2D eigenvalue weighted by Gasteiger charge is -2.13. The monoisotopic (exact) mass is 306 g/mol. The van der Waals surface area contributed by atoms with Gasteiger partial charge in [-0.25, -0.2) is 0 Å². The van der Waals surface area contributed by atoms with E-state index in [2.05, 4.69) is 4.98 Å². The Morgan fingerprint density at radius 1 is 1.00 bits per heavy atom. The lowest BCUT2D eigenvalue weighted by molar-refractivity contribution is 0.307. The molecule has 0 atom stereocenters. The second kappa shape index (κ2) is 6.83. The van der Waals surface area contributed by atoms with E-state index in [1.165, 1.54) is 0 Å². The van der Waals surface area contributed by atoms with Gasteiger partial charge >= 0.3 is 0 Å². The third kappa shape index (κ3) is 3.61. The number of aromatic nitrogens is 1. The van der Waals surface area contributed by atoms with Gasteiger partial charge in [-0.15, -0.1) is 0 Å². The minimum atomic E-state index is 0.481. The topological polar surface area (TPSA) is 57.4 Å². The summed E-state index contributed by atoms with van der Waals surface area (Å²) in [5.74, 6) is 1.43. The second-order valence-corrected chi connectivity index (χ2v) is 5.14. The van der Waals surface area contributed by atoms with Gasteiger partial charge in [0.2, 0.25) is 0 Å². The highest BCUT2D eigenvalue weighted by Crippen LogP contribution is 2.33. The normalized spacial score (nSPS) is 10.3. The Balaban J connectivity index is 1.91. The SMILES string of the molecule is COc1cncc(-c2ccc(N)cc2OCc2ccccc2)c1. The lowest BCUT2D eigenvalue weighted by Crippen LogP contribution is -1.98. The van der Waals surface area contributed by atoms with E-state index < -0.39 is 0 Å². The van der Waals surface area contributed by atoms with Crippen LogP contribution in [0.2, 0.25) is 0 Å². The van der Waals surface area contributed by atoms with E-state index in [-0.39, 0.29) is 0 Å². The molecule has 3 aromatic rings. The number of nitrogen functional groups attached to an aromatic ring is 1. The van der Waals surface area contributed by atoms with Gasteiger partial charge in [-0.2, -0.15) is 0 Å². The van der Waals surface area contributed by atoms with Crippen LogP contribution in [-0.4, -0.2) is 12.1 Å². The number of nitrogens with zero attached hydrogens (tertiary/aromatic N) is 1. The molecule has 0 saturated carbocycles. The van der Waals surface area contributed by atoms with Gasteiger partial charge < -0.3 is 15.2 Å². The zero-order valence-corrected chi connectivity index (χ0v) is 12.9. The summed E-state index contributed by atoms with van der Waals surface area (Å²) in [4.78, 5) is 4.20. The summed E-state index contributed by atoms with van der Waals surface area (Å²) in [6, 6.07) is 17.6. The first-order valence-corrected chi connectivity index (χ1v) is 7.32. The van der Waals surface area contributed by atoms with Crippen molar-refractivity contribution in [2.45, 2.75) is 6.61 Å². The first kappa shape index (κ1) is 14.9. The van der Waals surface area contributed by atoms with Crippen LogP contribution < -0.4 is 15.2 Å². The molecule has 2 aromatic carbocycles. The standard InChI is InChI=1S/C19H18N2O2/c1-22-17-9-15(11-21-12-17)18-8-7-16(20)10-19(18)23-13-14-5-3-2-4-6-14/h2-12H,13,20H2,1H3. The molecule has 0 aliphatic heterocycles. The number of rotatable bonds is 5. The van der Waals surface area contributed by atoms with Crippen molar-refractivity contribution < 1.29 is 9.47 Å². The Morgan fingerprint density at radius 2 is 1.83 bits per heavy atom. The molecule has 0 bridgehead atoms. The number of anilines is 1. The molecule has 0 aliphatic carbocycles. The average molecular weight is 306 g/mol. The van der Waals surface area contributed by atoms with Crippen molar-refractivity contribution in [3.05, 3.63) is 72.6 Å². The molecule has 0 saturated heterocycles. The van der Waals surface area contributed by atoms with Crippen molar-refractivity contribution >= 4 is 5.69 Å². The van der Waals surface area contributed by atoms with E-state index in [1.807, 2.05) is 54.6 Å². The van der Waals surface area contributed by atoms with E-state index in [9.17, 15) is 0 Å². The molecule has 4 nitrogen and oxygen atoms in total. The van der Waals surface area contributed by atoms with Crippen LogP contribution in [0.5, 0.6) is 11.5 Å². The van der Waals surface area contributed by atoms with Crippen LogP contribution >= 0.6 is 0 Å². The van der Waals surface area contributed by atoms with Crippen LogP contribution in [0.4, 0.5) is 5.69 Å². The summed E-state index contributed by atoms with van der Waals surface area (Å²) in [7, 11) is 1.62. The minimum absolute atomic E-state index is 0.481. The molecular formula is C19H18N2O2. The minimum Gasteiger partial charge on any atom is -0.495 e. The van der Waals surface area contributed by atoms with Gasteiger partial charge in [-0.05, 0) is 23.8 Å². The zero-order chi connectivity index (χ0) is 16.1. The van der Waals surface area contributed by atoms with Gasteiger partial charge in [0.1, 0.15) is 18.1 Å². The van der Waals surface area contributed by atoms with Crippen molar-refractivity contribution in [2.24, 2.45) is 0 Å². The quantitative estimate of drug-likeness (QED) is 0.726. The van der Waals surface area contributed by atoms with Gasteiger partial charge in [0.25, 0.3) is 0 Å². The van der Waals surface area contributed by atoms with Crippen LogP contribution in [0.15, 0.2) is 67.0 Å². The summed E-state index contributed by atoms with van der Waals surface area (Å²) >= 11 is 0. The van der Waals surface area contributed by atoms with Crippen molar-refractivity contribution in [1.29, 1.82) is 0 Å². The number of ether oxygens (including phenoxy) is 2. The highest BCUT2D eigenvalue weighted by Gasteiger charge is 2.09. The van der Waals surface area contributed by atoms with E-state index in [0.29, 0.717) is 18.0 Å². The predicted octanol–water partition coefficient (Wildman–Crippen LogP) is 3.92. The number of hydrogen-bond acceptors (Lipinski definition) is 4. The highest BCUT2D eigenvalue weighted by molar-refractivity contribution is 5.73. The molecule has 0 fully saturated rings. The van der Waals surface area contributed by atoms with Gasteiger partial charge in [-0.3, -0.25) is 4.98 Å². The Bertz CT molecular complexity index is 788. The molecular weight excluding hydrogens is 288 g/mol. The molecule has 0 aliphatic rings. The molecule has 1 aromatic heterocycles. The Kier molecular flexibility index (Phi) is 4.43. The van der Waals surface area contributed by atoms with E-state index in [1.54, 1.807) is 19.5 Å². The molecule has 116 valence electrons.